The van der Waals surface area contributed by atoms with Crippen LogP contribution < -0.4 is 11.0 Å². The molecule has 2 aliphatic heterocycles. The van der Waals surface area contributed by atoms with Gasteiger partial charge in [0.2, 0.25) is 0 Å². The molecular formula is C20H27N5O2. The molecule has 144 valence electrons. The van der Waals surface area contributed by atoms with Gasteiger partial charge in [0, 0.05) is 44.3 Å². The molecule has 27 heavy (non-hydrogen) atoms. The smallest absolute Gasteiger partial charge is 0.326 e. The van der Waals surface area contributed by atoms with Gasteiger partial charge in [-0.1, -0.05) is 12.1 Å². The van der Waals surface area contributed by atoms with Crippen molar-refractivity contribution >= 4 is 17.1 Å². The Kier molecular flexibility index (Phi) is 4.19. The Morgan fingerprint density at radius 1 is 1.00 bits per heavy atom. The van der Waals surface area contributed by atoms with Crippen molar-refractivity contribution in [3.63, 3.8) is 0 Å². The van der Waals surface area contributed by atoms with E-state index in [4.69, 9.17) is 0 Å². The van der Waals surface area contributed by atoms with Crippen molar-refractivity contribution in [3.8, 4) is 0 Å². The number of fused-ring (bicyclic) bond motifs is 1. The number of amides is 2. The molecule has 2 N–H and O–H groups in total. The largest absolute Gasteiger partial charge is 0.334 e. The zero-order valence-corrected chi connectivity index (χ0v) is 15.6. The summed E-state index contributed by atoms with van der Waals surface area (Å²) in [6.45, 7) is 3.50. The number of nitrogens with zero attached hydrogens (tertiary/aromatic N) is 3. The van der Waals surface area contributed by atoms with Gasteiger partial charge in [0.05, 0.1) is 11.0 Å². The number of nitrogens with one attached hydrogen (secondary N) is 2. The van der Waals surface area contributed by atoms with Gasteiger partial charge < -0.3 is 15.2 Å². The quantitative estimate of drug-likeness (QED) is 0.868. The molecule has 2 amide bonds. The number of hydrogen-bond acceptors (Lipinski definition) is 3. The summed E-state index contributed by atoms with van der Waals surface area (Å²) in [5.74, 6) is 0. The van der Waals surface area contributed by atoms with Crippen molar-refractivity contribution in [1.82, 2.24) is 24.7 Å². The summed E-state index contributed by atoms with van der Waals surface area (Å²) in [5.41, 5.74) is 1.78. The molecule has 1 atom stereocenters. The third-order valence-corrected chi connectivity index (χ3v) is 6.35. The molecule has 0 spiro atoms. The van der Waals surface area contributed by atoms with Crippen LogP contribution in [-0.4, -0.2) is 63.6 Å². The minimum absolute atomic E-state index is 0.0507. The number of H-pyrrole nitrogens is 1. The fraction of sp³-hybridized carbons (Fsp3) is 0.600. The zero-order chi connectivity index (χ0) is 18.4. The van der Waals surface area contributed by atoms with Crippen LogP contribution in [-0.2, 0) is 0 Å². The number of piperidine rings is 1. The van der Waals surface area contributed by atoms with Crippen LogP contribution in [0.25, 0.3) is 11.0 Å². The van der Waals surface area contributed by atoms with Gasteiger partial charge in [0.1, 0.15) is 0 Å². The normalized spacial score (nSPS) is 24.6. The molecule has 2 aromatic rings. The van der Waals surface area contributed by atoms with E-state index in [0.29, 0.717) is 13.1 Å². The number of urea groups is 1. The second-order valence-corrected chi connectivity index (χ2v) is 8.20. The van der Waals surface area contributed by atoms with E-state index in [2.05, 4.69) is 15.2 Å². The van der Waals surface area contributed by atoms with Crippen LogP contribution >= 0.6 is 0 Å². The van der Waals surface area contributed by atoms with Crippen LogP contribution in [0.4, 0.5) is 4.79 Å². The van der Waals surface area contributed by atoms with E-state index in [0.717, 1.165) is 49.4 Å². The van der Waals surface area contributed by atoms with Crippen LogP contribution in [0.2, 0.25) is 0 Å². The Bertz CT molecular complexity index is 891. The highest BCUT2D eigenvalue weighted by Crippen LogP contribution is 2.30. The molecule has 7 nitrogen and oxygen atoms in total. The van der Waals surface area contributed by atoms with Gasteiger partial charge in [-0.3, -0.25) is 9.47 Å². The van der Waals surface area contributed by atoms with E-state index in [1.165, 1.54) is 12.8 Å². The average molecular weight is 369 g/mol. The number of para-hydroxylation sites is 2. The van der Waals surface area contributed by atoms with E-state index < -0.39 is 0 Å². The van der Waals surface area contributed by atoms with E-state index in [1.807, 2.05) is 33.7 Å². The average Bonchev–Trinajstić information content (AvgIpc) is 3.33. The van der Waals surface area contributed by atoms with Crippen molar-refractivity contribution in [2.45, 2.75) is 50.2 Å². The Hall–Kier alpha value is -2.28. The maximum Gasteiger partial charge on any atom is 0.326 e. The van der Waals surface area contributed by atoms with Crippen LogP contribution in [0, 0.1) is 0 Å². The van der Waals surface area contributed by atoms with Gasteiger partial charge in [-0.05, 0) is 44.2 Å². The predicted octanol–water partition coefficient (Wildman–Crippen LogP) is 1.91. The van der Waals surface area contributed by atoms with E-state index in [1.54, 1.807) is 0 Å². The lowest BCUT2D eigenvalue weighted by atomic mass is 10.0. The van der Waals surface area contributed by atoms with Gasteiger partial charge in [-0.15, -0.1) is 0 Å². The molecule has 5 rings (SSSR count). The topological polar surface area (TPSA) is 73.4 Å². The van der Waals surface area contributed by atoms with Crippen molar-refractivity contribution in [2.75, 3.05) is 26.2 Å². The molecule has 1 aromatic heterocycles. The number of benzene rings is 1. The Labute approximate surface area is 158 Å². The number of rotatable bonds is 3. The molecule has 1 saturated carbocycles. The summed E-state index contributed by atoms with van der Waals surface area (Å²) in [7, 11) is 0. The minimum atomic E-state index is -0.0507. The van der Waals surface area contributed by atoms with Crippen molar-refractivity contribution < 1.29 is 4.79 Å². The summed E-state index contributed by atoms with van der Waals surface area (Å²) in [4.78, 5) is 32.4. The Balaban J connectivity index is 1.19. The minimum Gasteiger partial charge on any atom is -0.334 e. The van der Waals surface area contributed by atoms with Gasteiger partial charge in [-0.2, -0.15) is 0 Å². The number of aromatic amines is 1. The predicted molar refractivity (Wildman–Crippen MR) is 104 cm³/mol. The number of hydrogen-bond donors (Lipinski definition) is 2. The molecular weight excluding hydrogens is 342 g/mol. The Morgan fingerprint density at radius 2 is 1.78 bits per heavy atom. The second kappa shape index (κ2) is 6.71. The number of carbonyl (C=O) groups is 1. The lowest BCUT2D eigenvalue weighted by Crippen LogP contribution is -2.49. The van der Waals surface area contributed by atoms with Crippen LogP contribution in [0.3, 0.4) is 0 Å². The molecule has 3 heterocycles. The number of likely N-dealkylation sites (tertiary alicyclic amines) is 2. The van der Waals surface area contributed by atoms with E-state index >= 15 is 0 Å². The molecule has 1 unspecified atom stereocenters. The number of aromatic nitrogens is 2. The van der Waals surface area contributed by atoms with Crippen molar-refractivity contribution in [3.05, 3.63) is 34.7 Å². The molecule has 7 heteroatoms. The molecule has 0 bridgehead atoms. The first-order valence-corrected chi connectivity index (χ1v) is 10.2. The standard InChI is InChI=1S/C20H27N5O2/c26-19(21-14-7-10-24(13-14)15-5-6-15)23-11-8-16(9-12-23)25-18-4-2-1-3-17(18)22-20(25)27/h1-4,14-16H,5-13H2,(H,21,26)(H,22,27). The molecule has 3 aliphatic rings. The third kappa shape index (κ3) is 3.25. The van der Waals surface area contributed by atoms with Gasteiger partial charge >= 0.3 is 11.7 Å². The zero-order valence-electron chi connectivity index (χ0n) is 15.6. The van der Waals surface area contributed by atoms with Gasteiger partial charge in [0.25, 0.3) is 0 Å². The fourth-order valence-electron chi connectivity index (χ4n) is 4.71. The molecule has 3 fully saturated rings. The molecule has 2 saturated heterocycles. The maximum absolute atomic E-state index is 12.6. The lowest BCUT2D eigenvalue weighted by Gasteiger charge is -2.33. The fourth-order valence-corrected chi connectivity index (χ4v) is 4.71. The van der Waals surface area contributed by atoms with Gasteiger partial charge in [-0.25, -0.2) is 9.59 Å². The summed E-state index contributed by atoms with van der Waals surface area (Å²) in [5, 5.41) is 3.22. The summed E-state index contributed by atoms with van der Waals surface area (Å²) in [6, 6.07) is 9.07. The highest BCUT2D eigenvalue weighted by molar-refractivity contribution is 5.76. The SMILES string of the molecule is O=C(NC1CCN(C2CC2)C1)N1CCC(n2c(=O)[nH]c3ccccc32)CC1. The van der Waals surface area contributed by atoms with E-state index in [9.17, 15) is 9.59 Å². The summed E-state index contributed by atoms with van der Waals surface area (Å²) < 4.78 is 1.87. The summed E-state index contributed by atoms with van der Waals surface area (Å²) >= 11 is 0. The lowest BCUT2D eigenvalue weighted by molar-refractivity contribution is 0.168. The third-order valence-electron chi connectivity index (χ3n) is 6.35. The maximum atomic E-state index is 12.6. The highest BCUT2D eigenvalue weighted by Gasteiger charge is 2.35. The second-order valence-electron chi connectivity index (χ2n) is 8.20. The Morgan fingerprint density at radius 3 is 2.56 bits per heavy atom. The first-order chi connectivity index (χ1) is 13.2. The van der Waals surface area contributed by atoms with Gasteiger partial charge in [0.15, 0.2) is 0 Å². The summed E-state index contributed by atoms with van der Waals surface area (Å²) in [6.07, 6.45) is 5.33. The van der Waals surface area contributed by atoms with Crippen molar-refractivity contribution in [1.29, 1.82) is 0 Å². The monoisotopic (exact) mass is 369 g/mol. The molecule has 1 aliphatic carbocycles. The first kappa shape index (κ1) is 16.9. The number of carbonyl (C=O) groups excluding carboxylic acids is 1. The highest BCUT2D eigenvalue weighted by atomic mass is 16.2. The number of imidazole rings is 1. The van der Waals surface area contributed by atoms with Crippen molar-refractivity contribution in [2.24, 2.45) is 0 Å². The van der Waals surface area contributed by atoms with Crippen LogP contribution in [0.1, 0.15) is 38.1 Å². The molecule has 1 aromatic carbocycles. The van der Waals surface area contributed by atoms with Crippen LogP contribution in [0.5, 0.6) is 0 Å². The molecule has 0 radical (unpaired) electrons. The first-order valence-electron chi connectivity index (χ1n) is 10.2. The van der Waals surface area contributed by atoms with E-state index in [-0.39, 0.29) is 23.8 Å². The van der Waals surface area contributed by atoms with Crippen LogP contribution in [0.15, 0.2) is 29.1 Å².